The van der Waals surface area contributed by atoms with E-state index in [0.717, 1.165) is 14.9 Å². The van der Waals surface area contributed by atoms with Crippen LogP contribution in [0.15, 0.2) is 62.8 Å². The predicted octanol–water partition coefficient (Wildman–Crippen LogP) is 5.19. The van der Waals surface area contributed by atoms with Crippen LogP contribution in [0.2, 0.25) is 0 Å². The molecule has 0 unspecified atom stereocenters. The Labute approximate surface area is 120 Å². The average molecular weight is 321 g/mol. The van der Waals surface area contributed by atoms with Gasteiger partial charge in [-0.05, 0) is 30.3 Å². The molecule has 1 nitrogen and oxygen atoms in total. The highest BCUT2D eigenvalue weighted by Crippen LogP contribution is 2.29. The molecule has 0 aliphatic carbocycles. The Morgan fingerprint density at radius 1 is 1.11 bits per heavy atom. The molecule has 0 aromatic heterocycles. The molecule has 0 saturated carbocycles. The van der Waals surface area contributed by atoms with E-state index in [1.165, 1.54) is 4.90 Å². The average Bonchev–Trinajstić information content (AvgIpc) is 2.39. The first-order valence-corrected chi connectivity index (χ1v) is 7.36. The topological polar surface area (TPSA) is 17.1 Å². The van der Waals surface area contributed by atoms with Crippen molar-refractivity contribution in [2.24, 2.45) is 0 Å². The third kappa shape index (κ3) is 3.47. The van der Waals surface area contributed by atoms with E-state index in [4.69, 9.17) is 0 Å². The fourth-order valence-electron chi connectivity index (χ4n) is 1.58. The van der Waals surface area contributed by atoms with Crippen molar-refractivity contribution in [1.29, 1.82) is 0 Å². The third-order valence-electron chi connectivity index (χ3n) is 2.53. The van der Waals surface area contributed by atoms with Crippen molar-refractivity contribution in [2.75, 3.05) is 0 Å². The monoisotopic (exact) mass is 320 g/mol. The smallest absolute Gasteiger partial charge is 0.162 e. The van der Waals surface area contributed by atoms with Gasteiger partial charge in [0.25, 0.3) is 0 Å². The van der Waals surface area contributed by atoms with Gasteiger partial charge in [-0.2, -0.15) is 0 Å². The highest BCUT2D eigenvalue weighted by atomic mass is 79.9. The maximum Gasteiger partial charge on any atom is 0.162 e. The summed E-state index contributed by atoms with van der Waals surface area (Å²) in [6, 6.07) is 16.0. The highest BCUT2D eigenvalue weighted by Gasteiger charge is 2.03. The zero-order valence-electron chi connectivity index (χ0n) is 10.0. The number of benzene rings is 2. The van der Waals surface area contributed by atoms with Gasteiger partial charge in [0.05, 0.1) is 0 Å². The molecule has 0 radical (unpaired) electrons. The molecule has 0 atom stereocenters. The van der Waals surface area contributed by atoms with Crippen LogP contribution < -0.4 is 0 Å². The number of rotatable bonds is 4. The van der Waals surface area contributed by atoms with E-state index < -0.39 is 0 Å². The van der Waals surface area contributed by atoms with Gasteiger partial charge in [0, 0.05) is 26.2 Å². The maximum absolute atomic E-state index is 11.5. The summed E-state index contributed by atoms with van der Waals surface area (Å²) in [5, 5.41) is 0. The Morgan fingerprint density at radius 2 is 1.83 bits per heavy atom. The number of carbonyl (C=O) groups is 1. The second kappa shape index (κ2) is 6.21. The number of halogens is 1. The molecule has 2 rings (SSSR count). The molecule has 0 N–H and O–H groups in total. The van der Waals surface area contributed by atoms with E-state index in [2.05, 4.69) is 28.1 Å². The van der Waals surface area contributed by atoms with E-state index in [1.807, 2.05) is 43.3 Å². The lowest BCUT2D eigenvalue weighted by molar-refractivity contribution is 0.0988. The van der Waals surface area contributed by atoms with Gasteiger partial charge < -0.3 is 0 Å². The molecule has 2 aromatic carbocycles. The van der Waals surface area contributed by atoms with Crippen LogP contribution in [0.4, 0.5) is 0 Å². The van der Waals surface area contributed by atoms with Crippen molar-refractivity contribution in [1.82, 2.24) is 0 Å². The van der Waals surface area contributed by atoms with Crippen LogP contribution in [0.1, 0.15) is 23.7 Å². The minimum atomic E-state index is 0.189. The van der Waals surface area contributed by atoms with E-state index in [-0.39, 0.29) is 5.78 Å². The summed E-state index contributed by atoms with van der Waals surface area (Å²) >= 11 is 5.15. The van der Waals surface area contributed by atoms with Gasteiger partial charge in [0.1, 0.15) is 0 Å². The molecular formula is C15H13BrOS. The fraction of sp³-hybridized carbons (Fsp3) is 0.133. The summed E-state index contributed by atoms with van der Waals surface area (Å²) in [6.07, 6.45) is 0.554. The van der Waals surface area contributed by atoms with Crippen LogP contribution in [0.3, 0.4) is 0 Å². The molecule has 3 heteroatoms. The number of ketones is 1. The molecule has 2 aromatic rings. The summed E-state index contributed by atoms with van der Waals surface area (Å²) in [6.45, 7) is 1.88. The summed E-state index contributed by atoms with van der Waals surface area (Å²) in [5.41, 5.74) is 0.788. The molecular weight excluding hydrogens is 308 g/mol. The van der Waals surface area contributed by atoms with E-state index in [9.17, 15) is 4.79 Å². The molecule has 0 heterocycles. The molecule has 0 saturated heterocycles. The van der Waals surface area contributed by atoms with Gasteiger partial charge in [-0.1, -0.05) is 52.8 Å². The largest absolute Gasteiger partial charge is 0.294 e. The zero-order valence-corrected chi connectivity index (χ0v) is 12.4. The Kier molecular flexibility index (Phi) is 4.61. The Balaban J connectivity index is 2.13. The van der Waals surface area contributed by atoms with Gasteiger partial charge in [-0.3, -0.25) is 4.79 Å². The van der Waals surface area contributed by atoms with Crippen molar-refractivity contribution in [3.8, 4) is 0 Å². The molecule has 0 amide bonds. The molecule has 0 bridgehead atoms. The van der Waals surface area contributed by atoms with Gasteiger partial charge >= 0.3 is 0 Å². The van der Waals surface area contributed by atoms with Crippen LogP contribution in [0.25, 0.3) is 0 Å². The first-order valence-electron chi connectivity index (χ1n) is 5.75. The lowest BCUT2D eigenvalue weighted by Gasteiger charge is -2.03. The van der Waals surface area contributed by atoms with Gasteiger partial charge in [0.15, 0.2) is 5.78 Å². The first kappa shape index (κ1) is 13.4. The SMILES string of the molecule is CCC(=O)c1ccc(Sc2cccc(Br)c2)cc1. The van der Waals surface area contributed by atoms with Crippen molar-refractivity contribution in [2.45, 2.75) is 23.1 Å². The van der Waals surface area contributed by atoms with Gasteiger partial charge in [0.2, 0.25) is 0 Å². The van der Waals surface area contributed by atoms with Crippen LogP contribution in [0.5, 0.6) is 0 Å². The molecule has 92 valence electrons. The Hall–Kier alpha value is -1.06. The Morgan fingerprint density at radius 3 is 2.44 bits per heavy atom. The molecule has 0 aliphatic rings. The van der Waals surface area contributed by atoms with Crippen molar-refractivity contribution >= 4 is 33.5 Å². The standard InChI is InChI=1S/C15H13BrOS/c1-2-15(17)11-6-8-13(9-7-11)18-14-5-3-4-12(16)10-14/h3-10H,2H2,1H3. The second-order valence-electron chi connectivity index (χ2n) is 3.86. The number of hydrogen-bond acceptors (Lipinski definition) is 2. The molecule has 0 fully saturated rings. The molecule has 18 heavy (non-hydrogen) atoms. The summed E-state index contributed by atoms with van der Waals surface area (Å²) < 4.78 is 1.07. The van der Waals surface area contributed by atoms with Crippen LogP contribution >= 0.6 is 27.7 Å². The minimum absolute atomic E-state index is 0.189. The number of carbonyl (C=O) groups excluding carboxylic acids is 1. The van der Waals surface area contributed by atoms with Crippen molar-refractivity contribution in [3.63, 3.8) is 0 Å². The van der Waals surface area contributed by atoms with Gasteiger partial charge in [-0.25, -0.2) is 0 Å². The third-order valence-corrected chi connectivity index (χ3v) is 4.02. The van der Waals surface area contributed by atoms with Gasteiger partial charge in [-0.15, -0.1) is 0 Å². The lowest BCUT2D eigenvalue weighted by Crippen LogP contribution is -1.95. The zero-order chi connectivity index (χ0) is 13.0. The van der Waals surface area contributed by atoms with E-state index >= 15 is 0 Å². The highest BCUT2D eigenvalue weighted by molar-refractivity contribution is 9.10. The van der Waals surface area contributed by atoms with Crippen LogP contribution in [-0.4, -0.2) is 5.78 Å². The van der Waals surface area contributed by atoms with Crippen molar-refractivity contribution in [3.05, 3.63) is 58.6 Å². The van der Waals surface area contributed by atoms with Crippen LogP contribution in [0, 0.1) is 0 Å². The number of Topliss-reactive ketones (excluding diaryl/α,β-unsaturated/α-hetero) is 1. The summed E-state index contributed by atoms with van der Waals surface area (Å²) in [7, 11) is 0. The predicted molar refractivity (Wildman–Crippen MR) is 79.3 cm³/mol. The maximum atomic E-state index is 11.5. The lowest BCUT2D eigenvalue weighted by atomic mass is 10.1. The number of hydrogen-bond donors (Lipinski definition) is 0. The van der Waals surface area contributed by atoms with E-state index in [1.54, 1.807) is 11.8 Å². The second-order valence-corrected chi connectivity index (χ2v) is 5.92. The fourth-order valence-corrected chi connectivity index (χ4v) is 3.01. The first-order chi connectivity index (χ1) is 8.69. The van der Waals surface area contributed by atoms with E-state index in [0.29, 0.717) is 6.42 Å². The summed E-state index contributed by atoms with van der Waals surface area (Å²) in [5.74, 6) is 0.189. The minimum Gasteiger partial charge on any atom is -0.294 e. The summed E-state index contributed by atoms with van der Waals surface area (Å²) in [4.78, 5) is 13.8. The van der Waals surface area contributed by atoms with Crippen molar-refractivity contribution < 1.29 is 4.79 Å². The molecule has 0 aliphatic heterocycles. The molecule has 0 spiro atoms. The van der Waals surface area contributed by atoms with Crippen LogP contribution in [-0.2, 0) is 0 Å². The normalized spacial score (nSPS) is 10.3. The quantitative estimate of drug-likeness (QED) is 0.721. The Bertz CT molecular complexity index is 549.